The molecule has 0 heterocycles. The van der Waals surface area contributed by atoms with Gasteiger partial charge >= 0.3 is 0 Å². The molecule has 0 aromatic heterocycles. The number of halogens is 1. The van der Waals surface area contributed by atoms with Crippen molar-refractivity contribution in [3.8, 4) is 0 Å². The third-order valence-electron chi connectivity index (χ3n) is 2.31. The highest BCUT2D eigenvalue weighted by atomic mass is 35.5. The van der Waals surface area contributed by atoms with Gasteiger partial charge in [0, 0.05) is 11.4 Å². The first-order chi connectivity index (χ1) is 7.65. The van der Waals surface area contributed by atoms with E-state index in [2.05, 4.69) is 5.32 Å². The topological polar surface area (TPSA) is 38.0 Å². The lowest BCUT2D eigenvalue weighted by Crippen LogP contribution is -1.92. The molecule has 16 heavy (non-hydrogen) atoms. The Labute approximate surface area is 100 Å². The summed E-state index contributed by atoms with van der Waals surface area (Å²) in [5.41, 5.74) is 9.42. The second-order valence-corrected chi connectivity index (χ2v) is 4.14. The van der Waals surface area contributed by atoms with E-state index in [0.717, 1.165) is 17.1 Å². The lowest BCUT2D eigenvalue weighted by atomic mass is 10.2. The molecule has 2 aromatic rings. The minimum atomic E-state index is 0.711. The Bertz CT molecular complexity index is 492. The summed E-state index contributed by atoms with van der Waals surface area (Å²) in [4.78, 5) is 0. The highest BCUT2D eigenvalue weighted by Gasteiger charge is 2.00. The summed E-state index contributed by atoms with van der Waals surface area (Å²) in [6, 6.07) is 13.4. The van der Waals surface area contributed by atoms with E-state index in [4.69, 9.17) is 17.3 Å². The van der Waals surface area contributed by atoms with E-state index in [-0.39, 0.29) is 0 Å². The first kappa shape index (κ1) is 10.8. The summed E-state index contributed by atoms with van der Waals surface area (Å²) in [6.07, 6.45) is 0. The van der Waals surface area contributed by atoms with E-state index in [1.165, 1.54) is 5.56 Å². The molecular formula is C13H13ClN2. The Morgan fingerprint density at radius 1 is 1.06 bits per heavy atom. The van der Waals surface area contributed by atoms with Crippen molar-refractivity contribution >= 4 is 28.7 Å². The number of nitrogens with one attached hydrogen (secondary N) is 1. The second kappa shape index (κ2) is 4.45. The quantitative estimate of drug-likeness (QED) is 0.769. The van der Waals surface area contributed by atoms with E-state index < -0.39 is 0 Å². The molecular weight excluding hydrogens is 220 g/mol. The van der Waals surface area contributed by atoms with E-state index in [9.17, 15) is 0 Å². The third-order valence-corrected chi connectivity index (χ3v) is 2.64. The van der Waals surface area contributed by atoms with Crippen LogP contribution in [0.5, 0.6) is 0 Å². The molecule has 2 rings (SSSR count). The molecule has 0 aliphatic rings. The van der Waals surface area contributed by atoms with Crippen molar-refractivity contribution in [2.75, 3.05) is 11.1 Å². The van der Waals surface area contributed by atoms with Gasteiger partial charge in [-0.25, -0.2) is 0 Å². The van der Waals surface area contributed by atoms with Crippen molar-refractivity contribution in [3.05, 3.63) is 53.1 Å². The van der Waals surface area contributed by atoms with Gasteiger partial charge in [-0.2, -0.15) is 0 Å². The summed E-state index contributed by atoms with van der Waals surface area (Å²) >= 11 is 6.09. The van der Waals surface area contributed by atoms with Crippen LogP contribution in [0.1, 0.15) is 5.56 Å². The van der Waals surface area contributed by atoms with E-state index >= 15 is 0 Å². The van der Waals surface area contributed by atoms with E-state index in [0.29, 0.717) is 5.02 Å². The molecule has 0 amide bonds. The molecule has 0 aliphatic carbocycles. The molecule has 3 N–H and O–H groups in total. The molecule has 2 nitrogen and oxygen atoms in total. The van der Waals surface area contributed by atoms with Crippen molar-refractivity contribution in [2.45, 2.75) is 6.92 Å². The maximum Gasteiger partial charge on any atom is 0.0641 e. The number of nitrogens with two attached hydrogens (primary N) is 1. The van der Waals surface area contributed by atoms with Crippen LogP contribution < -0.4 is 11.1 Å². The molecule has 0 unspecified atom stereocenters. The van der Waals surface area contributed by atoms with Gasteiger partial charge in [0.15, 0.2) is 0 Å². The molecule has 0 aliphatic heterocycles. The Hall–Kier alpha value is -1.67. The second-order valence-electron chi connectivity index (χ2n) is 3.73. The number of hydrogen-bond acceptors (Lipinski definition) is 2. The molecule has 0 atom stereocenters. The van der Waals surface area contributed by atoms with Crippen molar-refractivity contribution in [3.63, 3.8) is 0 Å². The van der Waals surface area contributed by atoms with Crippen LogP contribution in [0.2, 0.25) is 5.02 Å². The zero-order valence-corrected chi connectivity index (χ0v) is 9.75. The molecule has 0 radical (unpaired) electrons. The number of anilines is 3. The normalized spacial score (nSPS) is 10.1. The molecule has 0 fully saturated rings. The third kappa shape index (κ3) is 2.47. The lowest BCUT2D eigenvalue weighted by molar-refractivity contribution is 1.45. The van der Waals surface area contributed by atoms with E-state index in [1.54, 1.807) is 0 Å². The molecule has 0 spiro atoms. The van der Waals surface area contributed by atoms with Crippen LogP contribution in [-0.4, -0.2) is 0 Å². The Morgan fingerprint density at radius 2 is 1.75 bits per heavy atom. The SMILES string of the molecule is Cc1ccc(Cl)c(Nc2ccc(N)cc2)c1. The van der Waals surface area contributed by atoms with Crippen molar-refractivity contribution in [1.82, 2.24) is 0 Å². The van der Waals surface area contributed by atoms with Crippen LogP contribution in [0.4, 0.5) is 17.1 Å². The lowest BCUT2D eigenvalue weighted by Gasteiger charge is -2.09. The van der Waals surface area contributed by atoms with Crippen molar-refractivity contribution in [1.29, 1.82) is 0 Å². The minimum absolute atomic E-state index is 0.711. The van der Waals surface area contributed by atoms with Crippen LogP contribution in [-0.2, 0) is 0 Å². The van der Waals surface area contributed by atoms with Gasteiger partial charge in [-0.15, -0.1) is 0 Å². The summed E-state index contributed by atoms with van der Waals surface area (Å²) in [5.74, 6) is 0. The maximum atomic E-state index is 6.09. The number of hydrogen-bond donors (Lipinski definition) is 2. The van der Waals surface area contributed by atoms with Gasteiger partial charge in [-0.05, 0) is 48.9 Å². The first-order valence-corrected chi connectivity index (χ1v) is 5.42. The van der Waals surface area contributed by atoms with Gasteiger partial charge in [0.25, 0.3) is 0 Å². The van der Waals surface area contributed by atoms with Crippen LogP contribution in [0.3, 0.4) is 0 Å². The molecule has 0 saturated heterocycles. The molecule has 82 valence electrons. The zero-order chi connectivity index (χ0) is 11.5. The standard InChI is InChI=1S/C13H13ClN2/c1-9-2-7-12(14)13(8-9)16-11-5-3-10(15)4-6-11/h2-8,16H,15H2,1H3. The van der Waals surface area contributed by atoms with Crippen LogP contribution >= 0.6 is 11.6 Å². The van der Waals surface area contributed by atoms with E-state index in [1.807, 2.05) is 49.4 Å². The average molecular weight is 233 g/mol. The van der Waals surface area contributed by atoms with Crippen molar-refractivity contribution in [2.24, 2.45) is 0 Å². The molecule has 3 heteroatoms. The Morgan fingerprint density at radius 3 is 2.44 bits per heavy atom. The summed E-state index contributed by atoms with van der Waals surface area (Å²) in [6.45, 7) is 2.03. The molecule has 2 aromatic carbocycles. The summed E-state index contributed by atoms with van der Waals surface area (Å²) in [7, 11) is 0. The van der Waals surface area contributed by atoms with Crippen LogP contribution in [0.25, 0.3) is 0 Å². The number of benzene rings is 2. The fraction of sp³-hybridized carbons (Fsp3) is 0.0769. The fourth-order valence-electron chi connectivity index (χ4n) is 1.46. The largest absolute Gasteiger partial charge is 0.399 e. The zero-order valence-electron chi connectivity index (χ0n) is 9.00. The monoisotopic (exact) mass is 232 g/mol. The van der Waals surface area contributed by atoms with Gasteiger partial charge in [-0.1, -0.05) is 17.7 Å². The minimum Gasteiger partial charge on any atom is -0.399 e. The average Bonchev–Trinajstić information content (AvgIpc) is 2.27. The predicted octanol–water partition coefficient (Wildman–Crippen LogP) is 3.97. The van der Waals surface area contributed by atoms with Gasteiger partial charge in [-0.3, -0.25) is 0 Å². The maximum absolute atomic E-state index is 6.09. The number of nitrogen functional groups attached to an aromatic ring is 1. The highest BCUT2D eigenvalue weighted by molar-refractivity contribution is 6.33. The number of rotatable bonds is 2. The van der Waals surface area contributed by atoms with Gasteiger partial charge in [0.05, 0.1) is 10.7 Å². The predicted molar refractivity (Wildman–Crippen MR) is 70.3 cm³/mol. The van der Waals surface area contributed by atoms with Gasteiger partial charge in [0.2, 0.25) is 0 Å². The smallest absolute Gasteiger partial charge is 0.0641 e. The van der Waals surface area contributed by atoms with Crippen LogP contribution in [0, 0.1) is 6.92 Å². The fourth-order valence-corrected chi connectivity index (χ4v) is 1.62. The molecule has 0 bridgehead atoms. The summed E-state index contributed by atoms with van der Waals surface area (Å²) < 4.78 is 0. The molecule has 0 saturated carbocycles. The highest BCUT2D eigenvalue weighted by Crippen LogP contribution is 2.26. The van der Waals surface area contributed by atoms with Gasteiger partial charge < -0.3 is 11.1 Å². The first-order valence-electron chi connectivity index (χ1n) is 5.04. The number of aryl methyl sites for hydroxylation is 1. The van der Waals surface area contributed by atoms with Crippen LogP contribution in [0.15, 0.2) is 42.5 Å². The summed E-state index contributed by atoms with van der Waals surface area (Å²) in [5, 5.41) is 3.96. The van der Waals surface area contributed by atoms with Crippen molar-refractivity contribution < 1.29 is 0 Å². The Balaban J connectivity index is 2.26. The Kier molecular flexibility index (Phi) is 3.02. The van der Waals surface area contributed by atoms with Gasteiger partial charge in [0.1, 0.15) is 0 Å².